The zero-order valence-electron chi connectivity index (χ0n) is 7.60. The van der Waals surface area contributed by atoms with Gasteiger partial charge in [0.25, 0.3) is 0 Å². The Hall–Kier alpha value is -1.92. The molecule has 3 amide bonds. The number of nitrogens with zero attached hydrogens (tertiary/aromatic N) is 4. The highest BCUT2D eigenvalue weighted by Crippen LogP contribution is 2.04. The average molecular weight is 195 g/mol. The van der Waals surface area contributed by atoms with Crippen molar-refractivity contribution in [3.63, 3.8) is 0 Å². The van der Waals surface area contributed by atoms with E-state index in [4.69, 9.17) is 0 Å². The van der Waals surface area contributed by atoms with Crippen LogP contribution in [0.5, 0.6) is 0 Å². The number of imide groups is 1. The molecule has 7 heteroatoms. The van der Waals surface area contributed by atoms with Crippen molar-refractivity contribution in [3.8, 4) is 0 Å². The number of carbonyl (C=O) groups excluding carboxylic acids is 2. The molecule has 0 spiro atoms. The first-order valence-electron chi connectivity index (χ1n) is 4.09. The Labute approximate surface area is 79.7 Å². The van der Waals surface area contributed by atoms with Crippen molar-refractivity contribution in [1.29, 1.82) is 0 Å². The van der Waals surface area contributed by atoms with E-state index in [2.05, 4.69) is 15.5 Å². The third kappa shape index (κ3) is 1.32. The van der Waals surface area contributed by atoms with Crippen LogP contribution >= 0.6 is 0 Å². The molecule has 7 nitrogen and oxygen atoms in total. The molecule has 0 aliphatic carbocycles. The molecule has 1 fully saturated rings. The molecule has 0 bridgehead atoms. The smallest absolute Gasteiger partial charge is 0.325 e. The quantitative estimate of drug-likeness (QED) is 0.605. The molecule has 2 heterocycles. The number of hydrogen-bond acceptors (Lipinski definition) is 4. The molecule has 1 aliphatic heterocycles. The van der Waals surface area contributed by atoms with Crippen LogP contribution in [0, 0.1) is 0 Å². The maximum Gasteiger partial charge on any atom is 0.325 e. The molecule has 0 unspecified atom stereocenters. The van der Waals surface area contributed by atoms with Gasteiger partial charge in [0.1, 0.15) is 6.33 Å². The van der Waals surface area contributed by atoms with Crippen molar-refractivity contribution in [2.75, 3.05) is 6.54 Å². The van der Waals surface area contributed by atoms with Crippen LogP contribution in [0.4, 0.5) is 4.79 Å². The maximum atomic E-state index is 11.2. The van der Waals surface area contributed by atoms with Gasteiger partial charge in [-0.25, -0.2) is 4.79 Å². The lowest BCUT2D eigenvalue weighted by Gasteiger charge is -2.10. The molecule has 0 aromatic carbocycles. The van der Waals surface area contributed by atoms with Gasteiger partial charge in [-0.3, -0.25) is 9.69 Å². The molecule has 0 saturated carbocycles. The fourth-order valence-corrected chi connectivity index (χ4v) is 1.21. The number of aryl methyl sites for hydroxylation is 1. The predicted molar refractivity (Wildman–Crippen MR) is 45.0 cm³/mol. The molecular weight excluding hydrogens is 186 g/mol. The van der Waals surface area contributed by atoms with Gasteiger partial charge in [-0.1, -0.05) is 0 Å². The summed E-state index contributed by atoms with van der Waals surface area (Å²) in [7, 11) is 1.76. The molecule has 1 aliphatic rings. The zero-order chi connectivity index (χ0) is 10.1. The van der Waals surface area contributed by atoms with E-state index >= 15 is 0 Å². The third-order valence-corrected chi connectivity index (χ3v) is 2.04. The Bertz CT molecular complexity index is 369. The van der Waals surface area contributed by atoms with E-state index < -0.39 is 0 Å². The van der Waals surface area contributed by atoms with Crippen LogP contribution in [0.1, 0.15) is 5.82 Å². The van der Waals surface area contributed by atoms with Crippen LogP contribution in [0.2, 0.25) is 0 Å². The second-order valence-corrected chi connectivity index (χ2v) is 3.00. The number of hydrogen-bond donors (Lipinski definition) is 1. The molecule has 0 atom stereocenters. The fraction of sp³-hybridized carbons (Fsp3) is 0.429. The summed E-state index contributed by atoms with van der Waals surface area (Å²) in [4.78, 5) is 23.5. The van der Waals surface area contributed by atoms with E-state index in [1.165, 1.54) is 6.33 Å². The average Bonchev–Trinajstić information content (AvgIpc) is 2.67. The highest BCUT2D eigenvalue weighted by atomic mass is 16.2. The monoisotopic (exact) mass is 195 g/mol. The summed E-state index contributed by atoms with van der Waals surface area (Å²) in [6.45, 7) is 0.234. The largest absolute Gasteiger partial charge is 0.329 e. The molecule has 0 radical (unpaired) electrons. The Morgan fingerprint density at radius 1 is 1.57 bits per heavy atom. The van der Waals surface area contributed by atoms with Crippen molar-refractivity contribution >= 4 is 11.9 Å². The van der Waals surface area contributed by atoms with Gasteiger partial charge in [-0.15, -0.1) is 10.2 Å². The number of urea groups is 1. The lowest BCUT2D eigenvalue weighted by molar-refractivity contribution is -0.125. The Morgan fingerprint density at radius 3 is 2.86 bits per heavy atom. The van der Waals surface area contributed by atoms with Gasteiger partial charge in [0, 0.05) is 7.05 Å². The maximum absolute atomic E-state index is 11.2. The Kier molecular flexibility index (Phi) is 1.91. The molecule has 1 aromatic heterocycles. The molecule has 2 rings (SSSR count). The zero-order valence-corrected chi connectivity index (χ0v) is 7.60. The van der Waals surface area contributed by atoms with Crippen molar-refractivity contribution < 1.29 is 9.59 Å². The summed E-state index contributed by atoms with van der Waals surface area (Å²) < 4.78 is 1.67. The van der Waals surface area contributed by atoms with Gasteiger partial charge in [-0.05, 0) is 0 Å². The third-order valence-electron chi connectivity index (χ3n) is 2.04. The summed E-state index contributed by atoms with van der Waals surface area (Å²) >= 11 is 0. The summed E-state index contributed by atoms with van der Waals surface area (Å²) in [6.07, 6.45) is 1.52. The van der Waals surface area contributed by atoms with Gasteiger partial charge in [0.15, 0.2) is 5.82 Å². The molecule has 1 saturated heterocycles. The summed E-state index contributed by atoms with van der Waals surface area (Å²) in [5.41, 5.74) is 0. The first kappa shape index (κ1) is 8.67. The normalized spacial score (nSPS) is 16.2. The van der Waals surface area contributed by atoms with Crippen LogP contribution in [0.25, 0.3) is 0 Å². The molecule has 14 heavy (non-hydrogen) atoms. The van der Waals surface area contributed by atoms with Crippen LogP contribution in [0.3, 0.4) is 0 Å². The van der Waals surface area contributed by atoms with Crippen molar-refractivity contribution in [2.45, 2.75) is 6.54 Å². The van der Waals surface area contributed by atoms with E-state index in [9.17, 15) is 9.59 Å². The minimum absolute atomic E-state index is 0.0662. The second-order valence-electron chi connectivity index (χ2n) is 3.00. The van der Waals surface area contributed by atoms with E-state index in [-0.39, 0.29) is 25.0 Å². The van der Waals surface area contributed by atoms with Crippen LogP contribution in [-0.4, -0.2) is 38.1 Å². The number of amides is 3. The number of carbonyl (C=O) groups is 2. The number of nitrogens with one attached hydrogen (secondary N) is 1. The Balaban J connectivity index is 2.15. The standard InChI is InChI=1S/C7H9N5O2/c1-11-4-9-10-5(11)3-12-6(13)2-8-7(12)14/h4H,2-3H2,1H3,(H,8,14). The van der Waals surface area contributed by atoms with Crippen LogP contribution < -0.4 is 5.32 Å². The van der Waals surface area contributed by atoms with Gasteiger partial charge < -0.3 is 9.88 Å². The van der Waals surface area contributed by atoms with E-state index in [1.807, 2.05) is 0 Å². The lowest BCUT2D eigenvalue weighted by atomic mass is 10.5. The summed E-state index contributed by atoms with van der Waals surface area (Å²) in [5, 5.41) is 9.88. The molecule has 74 valence electrons. The van der Waals surface area contributed by atoms with Crippen LogP contribution in [0.15, 0.2) is 6.33 Å². The van der Waals surface area contributed by atoms with Crippen molar-refractivity contribution in [1.82, 2.24) is 25.0 Å². The van der Waals surface area contributed by atoms with E-state index in [1.54, 1.807) is 11.6 Å². The highest BCUT2D eigenvalue weighted by Gasteiger charge is 2.29. The summed E-state index contributed by atoms with van der Waals surface area (Å²) in [6, 6.07) is -0.377. The predicted octanol–water partition coefficient (Wildman–Crippen LogP) is -1.13. The highest BCUT2D eigenvalue weighted by molar-refractivity contribution is 6.01. The number of rotatable bonds is 2. The van der Waals surface area contributed by atoms with Crippen molar-refractivity contribution in [2.24, 2.45) is 7.05 Å². The van der Waals surface area contributed by atoms with E-state index in [0.717, 1.165) is 4.90 Å². The molecule has 1 N–H and O–H groups in total. The SMILES string of the molecule is Cn1cnnc1CN1C(=O)CNC1=O. The molecule has 1 aromatic rings. The minimum Gasteiger partial charge on any atom is -0.329 e. The summed E-state index contributed by atoms with van der Waals surface area (Å²) in [5.74, 6) is 0.341. The van der Waals surface area contributed by atoms with Gasteiger partial charge in [0.2, 0.25) is 5.91 Å². The fourth-order valence-electron chi connectivity index (χ4n) is 1.21. The Morgan fingerprint density at radius 2 is 2.36 bits per heavy atom. The lowest BCUT2D eigenvalue weighted by Crippen LogP contribution is -2.31. The molecular formula is C7H9N5O2. The minimum atomic E-state index is -0.377. The first-order chi connectivity index (χ1) is 6.68. The van der Waals surface area contributed by atoms with Gasteiger partial charge in [-0.2, -0.15) is 0 Å². The van der Waals surface area contributed by atoms with Crippen molar-refractivity contribution in [3.05, 3.63) is 12.2 Å². The van der Waals surface area contributed by atoms with Crippen LogP contribution in [-0.2, 0) is 18.4 Å². The second kappa shape index (κ2) is 3.09. The van der Waals surface area contributed by atoms with Gasteiger partial charge >= 0.3 is 6.03 Å². The topological polar surface area (TPSA) is 80.1 Å². The van der Waals surface area contributed by atoms with Gasteiger partial charge in [0.05, 0.1) is 13.1 Å². The van der Waals surface area contributed by atoms with E-state index in [0.29, 0.717) is 5.82 Å². The first-order valence-corrected chi connectivity index (χ1v) is 4.09. The number of aromatic nitrogens is 3.